The number of hydrogen-bond donors (Lipinski definition) is 1. The Morgan fingerprint density at radius 1 is 1.40 bits per heavy atom. The van der Waals surface area contributed by atoms with Crippen LogP contribution in [0.5, 0.6) is 0 Å². The second-order valence-corrected chi connectivity index (χ2v) is 6.44. The van der Waals surface area contributed by atoms with E-state index in [0.717, 1.165) is 4.90 Å². The highest BCUT2D eigenvalue weighted by Gasteiger charge is 2.36. The van der Waals surface area contributed by atoms with Gasteiger partial charge < -0.3 is 4.57 Å². The second-order valence-electron chi connectivity index (χ2n) is 4.45. The minimum atomic E-state index is -4.02. The fourth-order valence-corrected chi connectivity index (χ4v) is 3.50. The lowest BCUT2D eigenvalue weighted by atomic mass is 10.1. The maximum Gasteiger partial charge on any atom is 0.261 e. The highest BCUT2D eigenvalue weighted by atomic mass is 35.5. The van der Waals surface area contributed by atoms with E-state index in [2.05, 4.69) is 9.71 Å². The van der Waals surface area contributed by atoms with Crippen LogP contribution < -0.4 is 4.72 Å². The van der Waals surface area contributed by atoms with Crippen molar-refractivity contribution in [3.05, 3.63) is 11.5 Å². The Labute approximate surface area is 120 Å². The molecule has 1 aromatic rings. The van der Waals surface area contributed by atoms with E-state index in [9.17, 15) is 18.0 Å². The van der Waals surface area contributed by atoms with Crippen molar-refractivity contribution >= 4 is 33.4 Å². The van der Waals surface area contributed by atoms with E-state index in [4.69, 9.17) is 11.6 Å². The number of carbonyl (C=O) groups excluding carboxylic acids is 2. The van der Waals surface area contributed by atoms with E-state index in [0.29, 0.717) is 0 Å². The Morgan fingerprint density at radius 2 is 2.05 bits per heavy atom. The Balaban J connectivity index is 2.23. The predicted octanol–water partition coefficient (Wildman–Crippen LogP) is -0.501. The lowest BCUT2D eigenvalue weighted by Crippen LogP contribution is -2.52. The van der Waals surface area contributed by atoms with Crippen molar-refractivity contribution in [3.8, 4) is 0 Å². The third kappa shape index (κ3) is 2.56. The minimum Gasteiger partial charge on any atom is -0.324 e. The number of sulfonamides is 1. The van der Waals surface area contributed by atoms with Crippen LogP contribution in [0, 0.1) is 0 Å². The van der Waals surface area contributed by atoms with Gasteiger partial charge in [0, 0.05) is 20.5 Å². The molecule has 0 aromatic carbocycles. The van der Waals surface area contributed by atoms with Crippen LogP contribution in [0.4, 0.5) is 0 Å². The fourth-order valence-electron chi connectivity index (χ4n) is 1.84. The molecular formula is C10H13ClN4O4S. The first-order valence-corrected chi connectivity index (χ1v) is 7.59. The summed E-state index contributed by atoms with van der Waals surface area (Å²) in [5.41, 5.74) is 0. The van der Waals surface area contributed by atoms with Gasteiger partial charge >= 0.3 is 0 Å². The molecule has 8 nitrogen and oxygen atoms in total. The molecule has 1 aromatic heterocycles. The summed E-state index contributed by atoms with van der Waals surface area (Å²) in [5.74, 6) is -0.918. The summed E-state index contributed by atoms with van der Waals surface area (Å²) >= 11 is 5.83. The first-order chi connectivity index (χ1) is 9.24. The van der Waals surface area contributed by atoms with Gasteiger partial charge in [-0.2, -0.15) is 4.72 Å². The number of hydrogen-bond acceptors (Lipinski definition) is 5. The lowest BCUT2D eigenvalue weighted by molar-refractivity contribution is -0.147. The number of halogens is 1. The first-order valence-electron chi connectivity index (χ1n) is 5.73. The number of imide groups is 1. The summed E-state index contributed by atoms with van der Waals surface area (Å²) in [5, 5.41) is -0.390. The van der Waals surface area contributed by atoms with Gasteiger partial charge in [0.1, 0.15) is 11.2 Å². The van der Waals surface area contributed by atoms with Crippen LogP contribution in [0.3, 0.4) is 0 Å². The van der Waals surface area contributed by atoms with Gasteiger partial charge in [0.15, 0.2) is 0 Å². The zero-order chi connectivity index (χ0) is 15.1. The summed E-state index contributed by atoms with van der Waals surface area (Å²) < 4.78 is 27.9. The van der Waals surface area contributed by atoms with E-state index in [1.165, 1.54) is 17.9 Å². The molecule has 0 saturated carbocycles. The van der Waals surface area contributed by atoms with Crippen molar-refractivity contribution in [1.29, 1.82) is 0 Å². The number of aryl methyl sites for hydroxylation is 1. The van der Waals surface area contributed by atoms with Crippen LogP contribution in [0.25, 0.3) is 0 Å². The third-order valence-corrected chi connectivity index (χ3v) is 5.00. The summed E-state index contributed by atoms with van der Waals surface area (Å²) in [6.07, 6.45) is 1.48. The third-order valence-electron chi connectivity index (χ3n) is 3.04. The topological polar surface area (TPSA) is 101 Å². The number of amides is 2. The number of aromatic nitrogens is 2. The average molecular weight is 321 g/mol. The number of piperidine rings is 1. The molecule has 0 bridgehead atoms. The van der Waals surface area contributed by atoms with Gasteiger partial charge in [0.05, 0.1) is 6.33 Å². The van der Waals surface area contributed by atoms with Gasteiger partial charge in [-0.1, -0.05) is 11.6 Å². The monoisotopic (exact) mass is 320 g/mol. The van der Waals surface area contributed by atoms with Crippen LogP contribution in [-0.2, 0) is 26.7 Å². The highest BCUT2D eigenvalue weighted by molar-refractivity contribution is 7.89. The minimum absolute atomic E-state index is 0.0508. The second kappa shape index (κ2) is 5.15. The Bertz CT molecular complexity index is 669. The van der Waals surface area contributed by atoms with Gasteiger partial charge in [-0.15, -0.1) is 0 Å². The molecule has 0 aliphatic carbocycles. The van der Waals surface area contributed by atoms with Crippen molar-refractivity contribution in [2.45, 2.75) is 23.9 Å². The quantitative estimate of drug-likeness (QED) is 0.756. The number of rotatable bonds is 3. The molecule has 10 heteroatoms. The molecule has 1 saturated heterocycles. The lowest BCUT2D eigenvalue weighted by Gasteiger charge is -2.27. The molecule has 1 aliphatic heterocycles. The molecule has 110 valence electrons. The Hall–Kier alpha value is -1.45. The SMILES string of the molecule is CN1C(=O)CCC(NS(=O)(=O)c2ncn(C)c2Cl)C1=O. The zero-order valence-electron chi connectivity index (χ0n) is 10.8. The van der Waals surface area contributed by atoms with Gasteiger partial charge in [0.25, 0.3) is 10.0 Å². The molecule has 2 heterocycles. The maximum atomic E-state index is 12.1. The number of imidazole rings is 1. The molecule has 2 rings (SSSR count). The highest BCUT2D eigenvalue weighted by Crippen LogP contribution is 2.20. The molecule has 2 amide bonds. The van der Waals surface area contributed by atoms with Gasteiger partial charge in [-0.25, -0.2) is 13.4 Å². The summed E-state index contributed by atoms with van der Waals surface area (Å²) in [6.45, 7) is 0. The fraction of sp³-hybridized carbons (Fsp3) is 0.500. The molecule has 1 N–H and O–H groups in total. The largest absolute Gasteiger partial charge is 0.324 e. The molecule has 1 unspecified atom stereocenters. The standard InChI is InChI=1S/C10H13ClN4O4S/c1-14-5-12-9(8(14)11)20(18,19)13-6-3-4-7(16)15(2)10(6)17/h5-6,13H,3-4H2,1-2H3. The van der Waals surface area contributed by atoms with Gasteiger partial charge in [0.2, 0.25) is 16.8 Å². The number of carbonyl (C=O) groups is 2. The van der Waals surface area contributed by atoms with E-state index in [-0.39, 0.29) is 28.9 Å². The van der Waals surface area contributed by atoms with Crippen LogP contribution in [0.2, 0.25) is 5.15 Å². The molecule has 1 fully saturated rings. The van der Waals surface area contributed by atoms with Crippen molar-refractivity contribution in [2.24, 2.45) is 7.05 Å². The first kappa shape index (κ1) is 14.9. The normalized spacial score (nSPS) is 20.6. The molecular weight excluding hydrogens is 308 g/mol. The van der Waals surface area contributed by atoms with E-state index >= 15 is 0 Å². The number of likely N-dealkylation sites (N-methyl/N-ethyl adjacent to an activating group) is 1. The van der Waals surface area contributed by atoms with E-state index < -0.39 is 22.0 Å². The predicted molar refractivity (Wildman–Crippen MR) is 69.3 cm³/mol. The van der Waals surface area contributed by atoms with Gasteiger partial charge in [-0.3, -0.25) is 14.5 Å². The van der Waals surface area contributed by atoms with E-state index in [1.807, 2.05) is 0 Å². The van der Waals surface area contributed by atoms with Crippen LogP contribution in [0.1, 0.15) is 12.8 Å². The summed E-state index contributed by atoms with van der Waals surface area (Å²) in [6, 6.07) is -0.985. The summed E-state index contributed by atoms with van der Waals surface area (Å²) in [4.78, 5) is 27.8. The molecule has 20 heavy (non-hydrogen) atoms. The average Bonchev–Trinajstić information content (AvgIpc) is 2.71. The molecule has 1 atom stereocenters. The van der Waals surface area contributed by atoms with Crippen LogP contribution >= 0.6 is 11.6 Å². The van der Waals surface area contributed by atoms with Crippen molar-refractivity contribution < 1.29 is 18.0 Å². The summed E-state index contributed by atoms with van der Waals surface area (Å²) in [7, 11) is -1.15. The molecule has 0 spiro atoms. The zero-order valence-corrected chi connectivity index (χ0v) is 12.4. The van der Waals surface area contributed by atoms with Gasteiger partial charge in [-0.05, 0) is 6.42 Å². The smallest absolute Gasteiger partial charge is 0.261 e. The van der Waals surface area contributed by atoms with Crippen molar-refractivity contribution in [2.75, 3.05) is 7.05 Å². The van der Waals surface area contributed by atoms with Crippen LogP contribution in [0.15, 0.2) is 11.4 Å². The van der Waals surface area contributed by atoms with E-state index in [1.54, 1.807) is 7.05 Å². The maximum absolute atomic E-state index is 12.1. The Kier molecular flexibility index (Phi) is 3.85. The molecule has 0 radical (unpaired) electrons. The molecule has 1 aliphatic rings. The number of nitrogens with one attached hydrogen (secondary N) is 1. The number of nitrogens with zero attached hydrogens (tertiary/aromatic N) is 3. The van der Waals surface area contributed by atoms with Crippen molar-refractivity contribution in [1.82, 2.24) is 19.2 Å². The number of likely N-dealkylation sites (tertiary alicyclic amines) is 1. The van der Waals surface area contributed by atoms with Crippen LogP contribution in [-0.4, -0.2) is 47.8 Å². The van der Waals surface area contributed by atoms with Crippen molar-refractivity contribution in [3.63, 3.8) is 0 Å². The Morgan fingerprint density at radius 3 is 2.60 bits per heavy atom.